The zero-order chi connectivity index (χ0) is 9.14. The highest BCUT2D eigenvalue weighted by atomic mass is 79.9. The number of thiocarbonyl (C=S) groups is 1. The summed E-state index contributed by atoms with van der Waals surface area (Å²) in [7, 11) is 0. The fourth-order valence-electron chi connectivity index (χ4n) is 0.716. The van der Waals surface area contributed by atoms with Gasteiger partial charge in [0.15, 0.2) is 5.11 Å². The van der Waals surface area contributed by atoms with Gasteiger partial charge in [-0.2, -0.15) is 0 Å². The molecule has 5 heteroatoms. The summed E-state index contributed by atoms with van der Waals surface area (Å²) in [5, 5.41) is 2.85. The van der Waals surface area contributed by atoms with Crippen molar-refractivity contribution >= 4 is 38.9 Å². The molecule has 0 amide bonds. The van der Waals surface area contributed by atoms with E-state index in [2.05, 4.69) is 33.5 Å². The van der Waals surface area contributed by atoms with Gasteiger partial charge in [-0.15, -0.1) is 0 Å². The molecule has 0 saturated heterocycles. The lowest BCUT2D eigenvalue weighted by atomic mass is 10.3. The van der Waals surface area contributed by atoms with Crippen LogP contribution in [-0.2, 0) is 0 Å². The number of halogens is 2. The smallest absolute Gasteiger partial charge is 0.168 e. The molecule has 0 aromatic heterocycles. The van der Waals surface area contributed by atoms with Crippen molar-refractivity contribution < 1.29 is 4.39 Å². The first kappa shape index (κ1) is 9.41. The van der Waals surface area contributed by atoms with E-state index in [0.717, 1.165) is 0 Å². The minimum atomic E-state index is -0.316. The van der Waals surface area contributed by atoms with Crippen LogP contribution in [-0.4, -0.2) is 5.11 Å². The second-order valence-electron chi connectivity index (χ2n) is 2.12. The fraction of sp³-hybridized carbons (Fsp3) is 0. The molecule has 0 radical (unpaired) electrons. The van der Waals surface area contributed by atoms with E-state index >= 15 is 0 Å². The maximum atomic E-state index is 12.7. The van der Waals surface area contributed by atoms with Crippen molar-refractivity contribution in [3.63, 3.8) is 0 Å². The maximum absolute atomic E-state index is 12.7. The summed E-state index contributed by atoms with van der Waals surface area (Å²) in [5.74, 6) is -0.316. The summed E-state index contributed by atoms with van der Waals surface area (Å²) in [6.45, 7) is 0. The van der Waals surface area contributed by atoms with Gasteiger partial charge in [-0.25, -0.2) is 4.39 Å². The van der Waals surface area contributed by atoms with E-state index in [-0.39, 0.29) is 10.9 Å². The first-order chi connectivity index (χ1) is 5.59. The molecule has 0 bridgehead atoms. The third-order valence-corrected chi connectivity index (χ3v) is 1.90. The number of hydrogen-bond donors (Lipinski definition) is 2. The zero-order valence-corrected chi connectivity index (χ0v) is 8.38. The van der Waals surface area contributed by atoms with Gasteiger partial charge in [0.1, 0.15) is 5.82 Å². The molecule has 0 unspecified atom stereocenters. The Morgan fingerprint density at radius 2 is 2.25 bits per heavy atom. The van der Waals surface area contributed by atoms with Crippen LogP contribution in [0.3, 0.4) is 0 Å². The van der Waals surface area contributed by atoms with Gasteiger partial charge in [0, 0.05) is 5.69 Å². The quantitative estimate of drug-likeness (QED) is 0.749. The highest BCUT2D eigenvalue weighted by Gasteiger charge is 1.99. The summed E-state index contributed by atoms with van der Waals surface area (Å²) in [6, 6.07) is 4.44. The Morgan fingerprint density at radius 3 is 2.75 bits per heavy atom. The van der Waals surface area contributed by atoms with Crippen molar-refractivity contribution in [3.8, 4) is 0 Å². The number of anilines is 1. The van der Waals surface area contributed by atoms with Crippen LogP contribution in [0.25, 0.3) is 0 Å². The van der Waals surface area contributed by atoms with Crippen molar-refractivity contribution in [3.05, 3.63) is 28.5 Å². The molecule has 0 saturated carbocycles. The standard InChI is InChI=1S/C7H6BrFN2S/c8-5-3-4(11-7(10)12)1-2-6(5)9/h1-3H,(H3,10,11,12). The van der Waals surface area contributed by atoms with Gasteiger partial charge in [0.2, 0.25) is 0 Å². The Kier molecular flexibility index (Phi) is 2.99. The van der Waals surface area contributed by atoms with Crippen molar-refractivity contribution in [2.45, 2.75) is 0 Å². The second kappa shape index (κ2) is 3.82. The van der Waals surface area contributed by atoms with Crippen LogP contribution >= 0.6 is 28.1 Å². The number of nitrogens with two attached hydrogens (primary N) is 1. The van der Waals surface area contributed by atoms with E-state index in [1.807, 2.05) is 0 Å². The number of rotatable bonds is 1. The molecule has 1 aromatic rings. The minimum Gasteiger partial charge on any atom is -0.376 e. The predicted molar refractivity (Wildman–Crippen MR) is 54.5 cm³/mol. The van der Waals surface area contributed by atoms with Crippen molar-refractivity contribution in [1.82, 2.24) is 0 Å². The number of hydrogen-bond acceptors (Lipinski definition) is 1. The summed E-state index contributed by atoms with van der Waals surface area (Å²) >= 11 is 7.65. The van der Waals surface area contributed by atoms with Crippen LogP contribution < -0.4 is 11.1 Å². The van der Waals surface area contributed by atoms with Crippen molar-refractivity contribution in [2.24, 2.45) is 5.73 Å². The third kappa shape index (κ3) is 2.42. The molecule has 0 aliphatic rings. The Hall–Kier alpha value is -0.680. The average Bonchev–Trinajstić information content (AvgIpc) is 1.96. The Morgan fingerprint density at radius 1 is 1.58 bits per heavy atom. The molecular weight excluding hydrogens is 243 g/mol. The van der Waals surface area contributed by atoms with E-state index in [0.29, 0.717) is 10.2 Å². The van der Waals surface area contributed by atoms with Crippen LogP contribution in [0, 0.1) is 5.82 Å². The predicted octanol–water partition coefficient (Wildman–Crippen LogP) is 2.24. The van der Waals surface area contributed by atoms with Gasteiger partial charge in [0.25, 0.3) is 0 Å². The zero-order valence-electron chi connectivity index (χ0n) is 5.97. The van der Waals surface area contributed by atoms with Gasteiger partial charge in [0.05, 0.1) is 4.47 Å². The van der Waals surface area contributed by atoms with E-state index in [4.69, 9.17) is 5.73 Å². The third-order valence-electron chi connectivity index (χ3n) is 1.19. The van der Waals surface area contributed by atoms with Crippen LogP contribution in [0.5, 0.6) is 0 Å². The highest BCUT2D eigenvalue weighted by Crippen LogP contribution is 2.19. The molecule has 0 atom stereocenters. The lowest BCUT2D eigenvalue weighted by Crippen LogP contribution is -2.18. The van der Waals surface area contributed by atoms with Gasteiger partial charge < -0.3 is 11.1 Å². The first-order valence-corrected chi connectivity index (χ1v) is 4.31. The van der Waals surface area contributed by atoms with Gasteiger partial charge in [-0.3, -0.25) is 0 Å². The summed E-state index contributed by atoms with van der Waals surface area (Å²) < 4.78 is 13.1. The topological polar surface area (TPSA) is 38.0 Å². The molecule has 1 rings (SSSR count). The molecule has 0 spiro atoms. The van der Waals surface area contributed by atoms with Crippen LogP contribution in [0.4, 0.5) is 10.1 Å². The Bertz CT molecular complexity index is 316. The number of benzene rings is 1. The first-order valence-electron chi connectivity index (χ1n) is 3.11. The number of nitrogens with one attached hydrogen (secondary N) is 1. The van der Waals surface area contributed by atoms with E-state index in [9.17, 15) is 4.39 Å². The van der Waals surface area contributed by atoms with Gasteiger partial charge >= 0.3 is 0 Å². The minimum absolute atomic E-state index is 0.161. The lowest BCUT2D eigenvalue weighted by Gasteiger charge is -2.03. The SMILES string of the molecule is NC(=S)Nc1ccc(F)c(Br)c1. The van der Waals surface area contributed by atoms with Gasteiger partial charge in [-0.1, -0.05) is 0 Å². The molecule has 3 N–H and O–H groups in total. The molecule has 1 aromatic carbocycles. The maximum Gasteiger partial charge on any atom is 0.168 e. The molecule has 0 fully saturated rings. The van der Waals surface area contributed by atoms with Crippen molar-refractivity contribution in [1.29, 1.82) is 0 Å². The lowest BCUT2D eigenvalue weighted by molar-refractivity contribution is 0.621. The van der Waals surface area contributed by atoms with Crippen LogP contribution in [0.2, 0.25) is 0 Å². The van der Waals surface area contributed by atoms with E-state index in [1.165, 1.54) is 6.07 Å². The largest absolute Gasteiger partial charge is 0.376 e. The van der Waals surface area contributed by atoms with Crippen LogP contribution in [0.1, 0.15) is 0 Å². The highest BCUT2D eigenvalue weighted by molar-refractivity contribution is 9.10. The van der Waals surface area contributed by atoms with Gasteiger partial charge in [-0.05, 0) is 46.3 Å². The normalized spacial score (nSPS) is 9.50. The summed E-state index contributed by atoms with van der Waals surface area (Å²) in [4.78, 5) is 0. The van der Waals surface area contributed by atoms with Crippen LogP contribution in [0.15, 0.2) is 22.7 Å². The molecular formula is C7H6BrFN2S. The molecule has 0 aliphatic heterocycles. The molecule has 0 aliphatic carbocycles. The molecule has 0 heterocycles. The summed E-state index contributed by atoms with van der Waals surface area (Å²) in [5.41, 5.74) is 5.89. The molecule has 2 nitrogen and oxygen atoms in total. The van der Waals surface area contributed by atoms with E-state index in [1.54, 1.807) is 12.1 Å². The average molecular weight is 249 g/mol. The second-order valence-corrected chi connectivity index (χ2v) is 3.41. The Labute approximate surface area is 83.1 Å². The Balaban J connectivity index is 2.89. The van der Waals surface area contributed by atoms with E-state index < -0.39 is 0 Å². The molecule has 64 valence electrons. The summed E-state index contributed by atoms with van der Waals surface area (Å²) in [6.07, 6.45) is 0. The fourth-order valence-corrected chi connectivity index (χ4v) is 1.21. The molecule has 12 heavy (non-hydrogen) atoms. The monoisotopic (exact) mass is 248 g/mol. The van der Waals surface area contributed by atoms with Crippen molar-refractivity contribution in [2.75, 3.05) is 5.32 Å².